The highest BCUT2D eigenvalue weighted by molar-refractivity contribution is 7.90. The molecule has 4 rings (SSSR count). The van der Waals surface area contributed by atoms with Crippen molar-refractivity contribution in [1.82, 2.24) is 24.6 Å². The van der Waals surface area contributed by atoms with Gasteiger partial charge in [-0.25, -0.2) is 27.9 Å². The normalized spacial score (nSPS) is 15.2. The Morgan fingerprint density at radius 2 is 1.88 bits per heavy atom. The van der Waals surface area contributed by atoms with Gasteiger partial charge in [-0.05, 0) is 49.9 Å². The first-order chi connectivity index (χ1) is 15.3. The standard InChI is InChI=1S/C21H26N6O4S/c1-3-25(13-15-8-10-26(11-9-15)21(28)29)19-18-12-24-27(20(18)23-14-22-19)16-4-6-17(7-5-16)32(2,30)31/h4-7,12,14-15H,3,8-11,13H2,1-2H3,(H,28,29). The number of hydrogen-bond acceptors (Lipinski definition) is 7. The van der Waals surface area contributed by atoms with Crippen LogP contribution in [0.25, 0.3) is 16.7 Å². The van der Waals surface area contributed by atoms with Crippen LogP contribution in [0.2, 0.25) is 0 Å². The summed E-state index contributed by atoms with van der Waals surface area (Å²) in [5.74, 6) is 1.17. The van der Waals surface area contributed by atoms with Crippen LogP contribution in [0.3, 0.4) is 0 Å². The highest BCUT2D eigenvalue weighted by Crippen LogP contribution is 2.27. The highest BCUT2D eigenvalue weighted by atomic mass is 32.2. The van der Waals surface area contributed by atoms with Crippen LogP contribution in [-0.2, 0) is 9.84 Å². The average molecular weight is 459 g/mol. The number of nitrogens with zero attached hydrogens (tertiary/aromatic N) is 6. The molecule has 0 saturated carbocycles. The zero-order valence-electron chi connectivity index (χ0n) is 18.0. The molecule has 170 valence electrons. The van der Waals surface area contributed by atoms with Crippen molar-refractivity contribution in [2.75, 3.05) is 37.3 Å². The molecule has 3 heterocycles. The monoisotopic (exact) mass is 458 g/mol. The lowest BCUT2D eigenvalue weighted by Gasteiger charge is -2.33. The first kappa shape index (κ1) is 22.0. The number of carboxylic acid groups (broad SMARTS) is 1. The summed E-state index contributed by atoms with van der Waals surface area (Å²) in [5.41, 5.74) is 1.35. The van der Waals surface area contributed by atoms with E-state index in [0.29, 0.717) is 30.3 Å². The van der Waals surface area contributed by atoms with E-state index >= 15 is 0 Å². The van der Waals surface area contributed by atoms with Crippen LogP contribution < -0.4 is 4.90 Å². The molecule has 1 saturated heterocycles. The third-order valence-electron chi connectivity index (χ3n) is 5.90. The topological polar surface area (TPSA) is 122 Å². The van der Waals surface area contributed by atoms with Gasteiger partial charge in [0.15, 0.2) is 15.5 Å². The Balaban J connectivity index is 1.59. The second-order valence-electron chi connectivity index (χ2n) is 8.01. The largest absolute Gasteiger partial charge is 0.465 e. The number of aromatic nitrogens is 4. The number of benzene rings is 1. The van der Waals surface area contributed by atoms with Gasteiger partial charge in [-0.15, -0.1) is 0 Å². The van der Waals surface area contributed by atoms with Gasteiger partial charge in [0.25, 0.3) is 0 Å². The Kier molecular flexibility index (Phi) is 6.00. The van der Waals surface area contributed by atoms with Gasteiger partial charge in [0.2, 0.25) is 0 Å². The van der Waals surface area contributed by atoms with Gasteiger partial charge in [-0.2, -0.15) is 5.10 Å². The predicted molar refractivity (Wildman–Crippen MR) is 120 cm³/mol. The quantitative estimate of drug-likeness (QED) is 0.598. The van der Waals surface area contributed by atoms with Crippen LogP contribution in [0.15, 0.2) is 41.7 Å². The summed E-state index contributed by atoms with van der Waals surface area (Å²) in [7, 11) is -3.27. The molecule has 0 radical (unpaired) electrons. The first-order valence-electron chi connectivity index (χ1n) is 10.5. The summed E-state index contributed by atoms with van der Waals surface area (Å²) >= 11 is 0. The lowest BCUT2D eigenvalue weighted by atomic mass is 9.96. The van der Waals surface area contributed by atoms with Gasteiger partial charge >= 0.3 is 6.09 Å². The summed E-state index contributed by atoms with van der Waals surface area (Å²) in [5, 5.41) is 14.4. The number of sulfone groups is 1. The fourth-order valence-corrected chi connectivity index (χ4v) is 4.72. The molecule has 0 aliphatic carbocycles. The second-order valence-corrected chi connectivity index (χ2v) is 10.0. The highest BCUT2D eigenvalue weighted by Gasteiger charge is 2.25. The van der Waals surface area contributed by atoms with Crippen LogP contribution in [0.4, 0.5) is 10.6 Å². The molecule has 32 heavy (non-hydrogen) atoms. The average Bonchev–Trinajstić information content (AvgIpc) is 3.22. The number of piperidine rings is 1. The van der Waals surface area contributed by atoms with E-state index in [0.717, 1.165) is 37.1 Å². The summed E-state index contributed by atoms with van der Waals surface area (Å²) in [6.07, 6.45) is 5.20. The molecule has 0 unspecified atom stereocenters. The van der Waals surface area contributed by atoms with E-state index in [-0.39, 0.29) is 4.90 Å². The lowest BCUT2D eigenvalue weighted by molar-refractivity contribution is 0.125. The molecule has 1 aromatic carbocycles. The molecule has 1 N–H and O–H groups in total. The molecular formula is C21H26N6O4S. The minimum absolute atomic E-state index is 0.249. The van der Waals surface area contributed by atoms with Gasteiger partial charge < -0.3 is 14.9 Å². The zero-order chi connectivity index (χ0) is 22.9. The third kappa shape index (κ3) is 4.38. The number of hydrogen-bond donors (Lipinski definition) is 1. The van der Waals surface area contributed by atoms with E-state index in [1.807, 2.05) is 0 Å². The number of fused-ring (bicyclic) bond motifs is 1. The molecule has 0 atom stereocenters. The van der Waals surface area contributed by atoms with E-state index in [9.17, 15) is 13.2 Å². The third-order valence-corrected chi connectivity index (χ3v) is 7.03. The molecule has 1 aliphatic rings. The second kappa shape index (κ2) is 8.73. The molecular weight excluding hydrogens is 432 g/mol. The van der Waals surface area contributed by atoms with Crippen molar-refractivity contribution < 1.29 is 18.3 Å². The van der Waals surface area contributed by atoms with Crippen molar-refractivity contribution >= 4 is 32.8 Å². The van der Waals surface area contributed by atoms with E-state index in [1.165, 1.54) is 17.5 Å². The van der Waals surface area contributed by atoms with Gasteiger partial charge in [0, 0.05) is 32.4 Å². The summed E-state index contributed by atoms with van der Waals surface area (Å²) in [4.78, 5) is 24.0. The molecule has 1 aliphatic heterocycles. The summed E-state index contributed by atoms with van der Waals surface area (Å²) in [6.45, 7) is 4.70. The van der Waals surface area contributed by atoms with Gasteiger partial charge in [0.05, 0.1) is 22.2 Å². The van der Waals surface area contributed by atoms with Gasteiger partial charge in [-0.1, -0.05) is 0 Å². The van der Waals surface area contributed by atoms with E-state index in [2.05, 4.69) is 26.9 Å². The molecule has 0 bridgehead atoms. The summed E-state index contributed by atoms with van der Waals surface area (Å²) < 4.78 is 25.1. The van der Waals surface area contributed by atoms with Crippen LogP contribution in [0, 0.1) is 5.92 Å². The smallest absolute Gasteiger partial charge is 0.407 e. The Hall–Kier alpha value is -3.21. The van der Waals surface area contributed by atoms with Crippen molar-refractivity contribution in [1.29, 1.82) is 0 Å². The van der Waals surface area contributed by atoms with Crippen LogP contribution in [-0.4, -0.2) is 76.7 Å². The van der Waals surface area contributed by atoms with Crippen LogP contribution in [0.5, 0.6) is 0 Å². The Morgan fingerprint density at radius 3 is 2.47 bits per heavy atom. The Labute approximate surface area is 186 Å². The Bertz CT molecular complexity index is 1220. The molecule has 11 heteroatoms. The minimum atomic E-state index is -3.27. The van der Waals surface area contributed by atoms with Gasteiger partial charge in [-0.3, -0.25) is 0 Å². The van der Waals surface area contributed by atoms with Crippen molar-refractivity contribution in [3.05, 3.63) is 36.8 Å². The molecule has 3 aromatic rings. The number of anilines is 1. The lowest BCUT2D eigenvalue weighted by Crippen LogP contribution is -2.41. The van der Waals surface area contributed by atoms with E-state index < -0.39 is 15.9 Å². The minimum Gasteiger partial charge on any atom is -0.465 e. The Morgan fingerprint density at radius 1 is 1.19 bits per heavy atom. The SMILES string of the molecule is CCN(CC1CCN(C(=O)O)CC1)c1ncnc2c1cnn2-c1ccc(S(C)(=O)=O)cc1. The maximum atomic E-state index is 11.7. The van der Waals surface area contributed by atoms with Crippen molar-refractivity contribution in [2.45, 2.75) is 24.7 Å². The maximum Gasteiger partial charge on any atom is 0.407 e. The van der Waals surface area contributed by atoms with E-state index in [1.54, 1.807) is 35.1 Å². The molecule has 10 nitrogen and oxygen atoms in total. The first-order valence-corrected chi connectivity index (χ1v) is 12.4. The summed E-state index contributed by atoms with van der Waals surface area (Å²) in [6, 6.07) is 6.53. The van der Waals surface area contributed by atoms with Gasteiger partial charge in [0.1, 0.15) is 12.1 Å². The van der Waals surface area contributed by atoms with Crippen molar-refractivity contribution in [3.8, 4) is 5.69 Å². The fourth-order valence-electron chi connectivity index (χ4n) is 4.09. The fraction of sp³-hybridized carbons (Fsp3) is 0.429. The predicted octanol–water partition coefficient (Wildman–Crippen LogP) is 2.44. The zero-order valence-corrected chi connectivity index (χ0v) is 18.9. The van der Waals surface area contributed by atoms with Crippen LogP contribution in [0.1, 0.15) is 19.8 Å². The molecule has 0 spiro atoms. The van der Waals surface area contributed by atoms with Crippen molar-refractivity contribution in [2.24, 2.45) is 5.92 Å². The van der Waals surface area contributed by atoms with Crippen molar-refractivity contribution in [3.63, 3.8) is 0 Å². The van der Waals surface area contributed by atoms with E-state index in [4.69, 9.17) is 5.11 Å². The number of carbonyl (C=O) groups is 1. The van der Waals surface area contributed by atoms with Crippen LogP contribution >= 0.6 is 0 Å². The maximum absolute atomic E-state index is 11.7. The number of amides is 1. The molecule has 1 fully saturated rings. The number of rotatable bonds is 6. The number of likely N-dealkylation sites (tertiary alicyclic amines) is 1. The molecule has 1 amide bonds. The molecule has 2 aromatic heterocycles.